The first kappa shape index (κ1) is 16.9. The standard InChI is InChI=1S/C25H26O/c1-16-6-8-19-14-20(23-13-7-17(2)26-23)15-22(19)24(16)18-9-11-21(12-10-18)25(3,4)5/h6-13,15H,14H2,1-5H3. The van der Waals surface area contributed by atoms with Gasteiger partial charge in [-0.15, -0.1) is 0 Å². The Labute approximate surface area is 156 Å². The number of rotatable bonds is 2. The molecule has 0 atom stereocenters. The van der Waals surface area contributed by atoms with Gasteiger partial charge in [-0.1, -0.05) is 57.2 Å². The topological polar surface area (TPSA) is 13.1 Å². The Balaban J connectivity index is 1.80. The second-order valence-electron chi connectivity index (χ2n) is 8.41. The van der Waals surface area contributed by atoms with E-state index in [1.807, 2.05) is 13.0 Å². The molecule has 0 aliphatic heterocycles. The number of aryl methyl sites for hydroxylation is 2. The van der Waals surface area contributed by atoms with Crippen LogP contribution in [-0.2, 0) is 11.8 Å². The maximum atomic E-state index is 5.86. The third kappa shape index (κ3) is 2.92. The zero-order valence-corrected chi connectivity index (χ0v) is 16.3. The summed E-state index contributed by atoms with van der Waals surface area (Å²) in [5, 5.41) is 0. The molecule has 0 radical (unpaired) electrons. The molecule has 0 N–H and O–H groups in total. The molecular formula is C25H26O. The normalized spacial score (nSPS) is 13.7. The van der Waals surface area contributed by atoms with E-state index in [1.165, 1.54) is 39.0 Å². The van der Waals surface area contributed by atoms with E-state index in [0.29, 0.717) is 0 Å². The summed E-state index contributed by atoms with van der Waals surface area (Å²) in [6, 6.07) is 17.7. The summed E-state index contributed by atoms with van der Waals surface area (Å²) < 4.78 is 5.86. The summed E-state index contributed by atoms with van der Waals surface area (Å²) in [6.45, 7) is 11.0. The Morgan fingerprint density at radius 3 is 2.19 bits per heavy atom. The van der Waals surface area contributed by atoms with Gasteiger partial charge >= 0.3 is 0 Å². The molecule has 2 aromatic carbocycles. The van der Waals surface area contributed by atoms with Gasteiger partial charge in [0, 0.05) is 6.42 Å². The first-order valence-corrected chi connectivity index (χ1v) is 9.34. The molecule has 0 unspecified atom stereocenters. The summed E-state index contributed by atoms with van der Waals surface area (Å²) in [4.78, 5) is 0. The van der Waals surface area contributed by atoms with Gasteiger partial charge in [0.1, 0.15) is 11.5 Å². The summed E-state index contributed by atoms with van der Waals surface area (Å²) in [5.74, 6) is 1.96. The summed E-state index contributed by atoms with van der Waals surface area (Å²) in [6.07, 6.45) is 3.25. The van der Waals surface area contributed by atoms with Crippen LogP contribution >= 0.6 is 0 Å². The fourth-order valence-electron chi connectivity index (χ4n) is 3.81. The molecule has 4 rings (SSSR count). The molecule has 0 saturated carbocycles. The number of fused-ring (bicyclic) bond motifs is 1. The van der Waals surface area contributed by atoms with Crippen LogP contribution in [0.25, 0.3) is 22.8 Å². The average Bonchev–Trinajstić information content (AvgIpc) is 3.20. The zero-order chi connectivity index (χ0) is 18.5. The second-order valence-corrected chi connectivity index (χ2v) is 8.41. The van der Waals surface area contributed by atoms with E-state index < -0.39 is 0 Å². The van der Waals surface area contributed by atoms with E-state index in [0.717, 1.165) is 17.9 Å². The van der Waals surface area contributed by atoms with Gasteiger partial charge in [-0.3, -0.25) is 0 Å². The SMILES string of the molecule is Cc1ccc(C2=Cc3c(ccc(C)c3-c3ccc(C(C)(C)C)cc3)C2)o1. The van der Waals surface area contributed by atoms with Gasteiger partial charge in [0.05, 0.1) is 0 Å². The highest BCUT2D eigenvalue weighted by atomic mass is 16.3. The van der Waals surface area contributed by atoms with Crippen molar-refractivity contribution in [2.24, 2.45) is 0 Å². The van der Waals surface area contributed by atoms with Crippen molar-refractivity contribution in [3.8, 4) is 11.1 Å². The Bertz CT molecular complexity index is 992. The van der Waals surface area contributed by atoms with Crippen LogP contribution in [0.1, 0.15) is 54.5 Å². The molecule has 1 aliphatic carbocycles. The number of hydrogen-bond acceptors (Lipinski definition) is 1. The third-order valence-electron chi connectivity index (χ3n) is 5.34. The third-order valence-corrected chi connectivity index (χ3v) is 5.34. The Kier molecular flexibility index (Phi) is 3.91. The molecule has 1 heterocycles. The summed E-state index contributed by atoms with van der Waals surface area (Å²) >= 11 is 0. The molecular weight excluding hydrogens is 316 g/mol. The predicted octanol–water partition coefficient (Wildman–Crippen LogP) is 6.96. The first-order valence-electron chi connectivity index (χ1n) is 9.34. The van der Waals surface area contributed by atoms with E-state index in [4.69, 9.17) is 4.42 Å². The van der Waals surface area contributed by atoms with E-state index in [-0.39, 0.29) is 5.41 Å². The fraction of sp³-hybridized carbons (Fsp3) is 0.280. The lowest BCUT2D eigenvalue weighted by Gasteiger charge is -2.20. The molecule has 1 heteroatoms. The molecule has 0 bridgehead atoms. The molecule has 26 heavy (non-hydrogen) atoms. The molecule has 3 aromatic rings. The zero-order valence-electron chi connectivity index (χ0n) is 16.3. The van der Waals surface area contributed by atoms with Crippen molar-refractivity contribution in [3.63, 3.8) is 0 Å². The van der Waals surface area contributed by atoms with Crippen molar-refractivity contribution in [1.29, 1.82) is 0 Å². The highest BCUT2D eigenvalue weighted by Gasteiger charge is 2.21. The highest BCUT2D eigenvalue weighted by Crippen LogP contribution is 2.40. The number of hydrogen-bond donors (Lipinski definition) is 0. The van der Waals surface area contributed by atoms with Crippen LogP contribution in [0.5, 0.6) is 0 Å². The predicted molar refractivity (Wildman–Crippen MR) is 110 cm³/mol. The lowest BCUT2D eigenvalue weighted by atomic mass is 9.85. The van der Waals surface area contributed by atoms with Crippen molar-refractivity contribution in [3.05, 3.63) is 82.3 Å². The number of benzene rings is 2. The van der Waals surface area contributed by atoms with E-state index in [9.17, 15) is 0 Å². The molecule has 132 valence electrons. The molecule has 0 saturated heterocycles. The molecule has 0 spiro atoms. The minimum absolute atomic E-state index is 0.177. The van der Waals surface area contributed by atoms with Crippen LogP contribution in [0.3, 0.4) is 0 Å². The summed E-state index contributed by atoms with van der Waals surface area (Å²) in [5.41, 5.74) is 9.51. The van der Waals surface area contributed by atoms with Gasteiger partial charge in [0.2, 0.25) is 0 Å². The lowest BCUT2D eigenvalue weighted by Crippen LogP contribution is -2.10. The quantitative estimate of drug-likeness (QED) is 0.491. The van der Waals surface area contributed by atoms with E-state index in [2.05, 4.69) is 76.2 Å². The Morgan fingerprint density at radius 1 is 0.846 bits per heavy atom. The highest BCUT2D eigenvalue weighted by molar-refractivity contribution is 5.93. The van der Waals surface area contributed by atoms with Crippen molar-refractivity contribution in [1.82, 2.24) is 0 Å². The molecule has 0 amide bonds. The van der Waals surface area contributed by atoms with Crippen molar-refractivity contribution in [2.45, 2.75) is 46.5 Å². The van der Waals surface area contributed by atoms with E-state index >= 15 is 0 Å². The van der Waals surface area contributed by atoms with Crippen molar-refractivity contribution in [2.75, 3.05) is 0 Å². The van der Waals surface area contributed by atoms with Crippen LogP contribution in [0.4, 0.5) is 0 Å². The Morgan fingerprint density at radius 2 is 1.58 bits per heavy atom. The van der Waals surface area contributed by atoms with Gasteiger partial charge in [-0.2, -0.15) is 0 Å². The first-order chi connectivity index (χ1) is 12.3. The Hall–Kier alpha value is -2.54. The summed E-state index contributed by atoms with van der Waals surface area (Å²) in [7, 11) is 0. The van der Waals surface area contributed by atoms with Gasteiger partial charge in [-0.25, -0.2) is 0 Å². The van der Waals surface area contributed by atoms with Gasteiger partial charge < -0.3 is 4.42 Å². The van der Waals surface area contributed by atoms with Crippen LogP contribution in [-0.4, -0.2) is 0 Å². The molecule has 0 fully saturated rings. The second kappa shape index (κ2) is 6.02. The van der Waals surface area contributed by atoms with Crippen LogP contribution in [0, 0.1) is 13.8 Å². The van der Waals surface area contributed by atoms with Gasteiger partial charge in [-0.05, 0) is 76.4 Å². The molecule has 1 aliphatic rings. The monoisotopic (exact) mass is 342 g/mol. The van der Waals surface area contributed by atoms with E-state index in [1.54, 1.807) is 0 Å². The number of furan rings is 1. The van der Waals surface area contributed by atoms with Crippen molar-refractivity contribution >= 4 is 11.6 Å². The smallest absolute Gasteiger partial charge is 0.130 e. The molecule has 1 nitrogen and oxygen atoms in total. The van der Waals surface area contributed by atoms with Crippen LogP contribution < -0.4 is 0 Å². The number of allylic oxidation sites excluding steroid dienone is 1. The minimum atomic E-state index is 0.177. The van der Waals surface area contributed by atoms with Gasteiger partial charge in [0.15, 0.2) is 0 Å². The maximum Gasteiger partial charge on any atom is 0.130 e. The lowest BCUT2D eigenvalue weighted by molar-refractivity contribution is 0.521. The average molecular weight is 342 g/mol. The van der Waals surface area contributed by atoms with Crippen molar-refractivity contribution < 1.29 is 4.42 Å². The minimum Gasteiger partial charge on any atom is -0.462 e. The molecule has 1 aromatic heterocycles. The van der Waals surface area contributed by atoms with Crippen LogP contribution in [0.15, 0.2) is 52.9 Å². The largest absolute Gasteiger partial charge is 0.462 e. The maximum absolute atomic E-state index is 5.86. The van der Waals surface area contributed by atoms with Crippen LogP contribution in [0.2, 0.25) is 0 Å². The van der Waals surface area contributed by atoms with Gasteiger partial charge in [0.25, 0.3) is 0 Å². The fourth-order valence-corrected chi connectivity index (χ4v) is 3.81.